The maximum atomic E-state index is 11.9. The number of halogens is 1. The van der Waals surface area contributed by atoms with Crippen LogP contribution in [0.1, 0.15) is 18.4 Å². The summed E-state index contributed by atoms with van der Waals surface area (Å²) in [4.78, 5) is 13.7. The van der Waals surface area contributed by atoms with Crippen molar-refractivity contribution in [2.75, 3.05) is 18.4 Å². The molecule has 3 nitrogen and oxygen atoms in total. The summed E-state index contributed by atoms with van der Waals surface area (Å²) in [5.74, 6) is 0. The lowest BCUT2D eigenvalue weighted by Crippen LogP contribution is -2.32. The standard InChI is InChI=1S/C12H15BrN2O/c1-9-10(13)5-4-6-11(9)14-12(16)15-7-2-3-8-15/h4-6H,2-3,7-8H2,1H3,(H,14,16). The molecule has 0 bridgehead atoms. The predicted molar refractivity (Wildman–Crippen MR) is 68.7 cm³/mol. The molecule has 4 heteroatoms. The van der Waals surface area contributed by atoms with E-state index in [4.69, 9.17) is 0 Å². The average molecular weight is 283 g/mol. The number of benzene rings is 1. The van der Waals surface area contributed by atoms with Crippen LogP contribution in [-0.2, 0) is 0 Å². The molecule has 0 unspecified atom stereocenters. The van der Waals surface area contributed by atoms with Gasteiger partial charge in [-0.2, -0.15) is 0 Å². The fourth-order valence-electron chi connectivity index (χ4n) is 1.86. The van der Waals surface area contributed by atoms with Crippen LogP contribution in [-0.4, -0.2) is 24.0 Å². The van der Waals surface area contributed by atoms with Gasteiger partial charge in [0, 0.05) is 23.2 Å². The molecular formula is C12H15BrN2O. The van der Waals surface area contributed by atoms with Crippen molar-refractivity contribution in [1.29, 1.82) is 0 Å². The summed E-state index contributed by atoms with van der Waals surface area (Å²) in [7, 11) is 0. The molecule has 1 aromatic carbocycles. The first-order valence-electron chi connectivity index (χ1n) is 5.49. The number of carbonyl (C=O) groups is 1. The molecule has 0 radical (unpaired) electrons. The summed E-state index contributed by atoms with van der Waals surface area (Å²) < 4.78 is 1.02. The summed E-state index contributed by atoms with van der Waals surface area (Å²) in [5, 5.41) is 2.95. The van der Waals surface area contributed by atoms with Gasteiger partial charge < -0.3 is 10.2 Å². The summed E-state index contributed by atoms with van der Waals surface area (Å²) >= 11 is 3.45. The van der Waals surface area contributed by atoms with E-state index in [2.05, 4.69) is 21.2 Å². The Kier molecular flexibility index (Phi) is 3.49. The van der Waals surface area contributed by atoms with E-state index in [1.54, 1.807) is 0 Å². The van der Waals surface area contributed by atoms with Crippen LogP contribution >= 0.6 is 15.9 Å². The largest absolute Gasteiger partial charge is 0.325 e. The molecule has 2 amide bonds. The van der Waals surface area contributed by atoms with Crippen molar-refractivity contribution in [2.24, 2.45) is 0 Å². The van der Waals surface area contributed by atoms with Crippen molar-refractivity contribution < 1.29 is 4.79 Å². The molecule has 1 aromatic rings. The van der Waals surface area contributed by atoms with E-state index in [0.717, 1.165) is 41.7 Å². The van der Waals surface area contributed by atoms with Gasteiger partial charge in [-0.3, -0.25) is 0 Å². The Bertz CT molecular complexity index is 400. The number of carbonyl (C=O) groups excluding carboxylic acids is 1. The molecule has 16 heavy (non-hydrogen) atoms. The molecule has 1 saturated heterocycles. The number of rotatable bonds is 1. The number of anilines is 1. The zero-order valence-electron chi connectivity index (χ0n) is 9.29. The summed E-state index contributed by atoms with van der Waals surface area (Å²) in [6.45, 7) is 3.74. The lowest BCUT2D eigenvalue weighted by molar-refractivity contribution is 0.222. The number of nitrogens with zero attached hydrogens (tertiary/aromatic N) is 1. The third kappa shape index (κ3) is 2.38. The normalized spacial score (nSPS) is 15.2. The van der Waals surface area contributed by atoms with Crippen LogP contribution in [0.15, 0.2) is 22.7 Å². The molecule has 1 aliphatic rings. The molecule has 1 N–H and O–H groups in total. The second kappa shape index (κ2) is 4.87. The molecule has 86 valence electrons. The van der Waals surface area contributed by atoms with Crippen LogP contribution in [0.5, 0.6) is 0 Å². The third-order valence-electron chi connectivity index (χ3n) is 2.90. The van der Waals surface area contributed by atoms with E-state index in [1.165, 1.54) is 0 Å². The van der Waals surface area contributed by atoms with Crippen LogP contribution in [0.4, 0.5) is 10.5 Å². The fraction of sp³-hybridized carbons (Fsp3) is 0.417. The van der Waals surface area contributed by atoms with Gasteiger partial charge in [0.25, 0.3) is 0 Å². The molecule has 1 heterocycles. The van der Waals surface area contributed by atoms with Crippen LogP contribution < -0.4 is 5.32 Å². The molecule has 2 rings (SSSR count). The molecule has 0 aliphatic carbocycles. The van der Waals surface area contributed by atoms with Crippen molar-refractivity contribution in [2.45, 2.75) is 19.8 Å². The molecule has 0 aromatic heterocycles. The maximum absolute atomic E-state index is 11.9. The summed E-state index contributed by atoms with van der Waals surface area (Å²) in [5.41, 5.74) is 1.95. The minimum Gasteiger partial charge on any atom is -0.325 e. The Morgan fingerprint density at radius 2 is 2.06 bits per heavy atom. The van der Waals surface area contributed by atoms with Crippen molar-refractivity contribution >= 4 is 27.6 Å². The van der Waals surface area contributed by atoms with Crippen LogP contribution in [0, 0.1) is 6.92 Å². The Hall–Kier alpha value is -1.03. The Balaban J connectivity index is 2.08. The smallest absolute Gasteiger partial charge is 0.321 e. The van der Waals surface area contributed by atoms with Gasteiger partial charge in [-0.1, -0.05) is 22.0 Å². The van der Waals surface area contributed by atoms with Crippen molar-refractivity contribution in [3.63, 3.8) is 0 Å². The van der Waals surface area contributed by atoms with Crippen molar-refractivity contribution in [3.8, 4) is 0 Å². The van der Waals surface area contributed by atoms with Crippen LogP contribution in [0.25, 0.3) is 0 Å². The van der Waals surface area contributed by atoms with Gasteiger partial charge in [0.1, 0.15) is 0 Å². The van der Waals surface area contributed by atoms with Crippen molar-refractivity contribution in [3.05, 3.63) is 28.2 Å². The topological polar surface area (TPSA) is 32.3 Å². The lowest BCUT2D eigenvalue weighted by Gasteiger charge is -2.17. The summed E-state index contributed by atoms with van der Waals surface area (Å²) in [6, 6.07) is 5.84. The van der Waals surface area contributed by atoms with E-state index < -0.39 is 0 Å². The highest BCUT2D eigenvalue weighted by Gasteiger charge is 2.18. The monoisotopic (exact) mass is 282 g/mol. The predicted octanol–water partition coefficient (Wildman–Crippen LogP) is 3.39. The van der Waals surface area contributed by atoms with Gasteiger partial charge in [-0.05, 0) is 37.5 Å². The lowest BCUT2D eigenvalue weighted by atomic mass is 10.2. The van der Waals surface area contributed by atoms with E-state index in [1.807, 2.05) is 30.0 Å². The van der Waals surface area contributed by atoms with Crippen molar-refractivity contribution in [1.82, 2.24) is 4.90 Å². The second-order valence-electron chi connectivity index (χ2n) is 4.04. The number of nitrogens with one attached hydrogen (secondary N) is 1. The number of hydrogen-bond donors (Lipinski definition) is 1. The SMILES string of the molecule is Cc1c(Br)cccc1NC(=O)N1CCCC1. The molecule has 1 aliphatic heterocycles. The molecule has 1 fully saturated rings. The van der Waals surface area contributed by atoms with Gasteiger partial charge in [0.05, 0.1) is 0 Å². The first-order valence-corrected chi connectivity index (χ1v) is 6.29. The van der Waals surface area contributed by atoms with E-state index in [9.17, 15) is 4.79 Å². The third-order valence-corrected chi connectivity index (χ3v) is 3.76. The second-order valence-corrected chi connectivity index (χ2v) is 4.89. The van der Waals surface area contributed by atoms with Gasteiger partial charge >= 0.3 is 6.03 Å². The first kappa shape index (κ1) is 11.5. The number of hydrogen-bond acceptors (Lipinski definition) is 1. The molecule has 0 saturated carbocycles. The highest BCUT2D eigenvalue weighted by atomic mass is 79.9. The van der Waals surface area contributed by atoms with E-state index in [0.29, 0.717) is 0 Å². The average Bonchev–Trinajstić information content (AvgIpc) is 2.78. The van der Waals surface area contributed by atoms with Crippen LogP contribution in [0.2, 0.25) is 0 Å². The maximum Gasteiger partial charge on any atom is 0.321 e. The van der Waals surface area contributed by atoms with Gasteiger partial charge in [-0.25, -0.2) is 4.79 Å². The Morgan fingerprint density at radius 3 is 2.75 bits per heavy atom. The van der Waals surface area contributed by atoms with E-state index >= 15 is 0 Å². The highest BCUT2D eigenvalue weighted by Crippen LogP contribution is 2.24. The zero-order chi connectivity index (χ0) is 11.5. The van der Waals surface area contributed by atoms with E-state index in [-0.39, 0.29) is 6.03 Å². The molecular weight excluding hydrogens is 268 g/mol. The highest BCUT2D eigenvalue weighted by molar-refractivity contribution is 9.10. The molecule has 0 atom stereocenters. The van der Waals surface area contributed by atoms with Crippen LogP contribution in [0.3, 0.4) is 0 Å². The zero-order valence-corrected chi connectivity index (χ0v) is 10.9. The minimum atomic E-state index is 0.0127. The quantitative estimate of drug-likeness (QED) is 0.842. The number of urea groups is 1. The fourth-order valence-corrected chi connectivity index (χ4v) is 2.22. The van der Waals surface area contributed by atoms with Gasteiger partial charge in [0.2, 0.25) is 0 Å². The van der Waals surface area contributed by atoms with Gasteiger partial charge in [0.15, 0.2) is 0 Å². The number of likely N-dealkylation sites (tertiary alicyclic amines) is 1. The Labute approximate surface area is 104 Å². The first-order chi connectivity index (χ1) is 7.68. The number of amides is 2. The molecule has 0 spiro atoms. The Morgan fingerprint density at radius 1 is 1.38 bits per heavy atom. The summed E-state index contributed by atoms with van der Waals surface area (Å²) in [6.07, 6.45) is 2.23. The van der Waals surface area contributed by atoms with Gasteiger partial charge in [-0.15, -0.1) is 0 Å². The minimum absolute atomic E-state index is 0.0127.